The van der Waals surface area contributed by atoms with Gasteiger partial charge in [0.1, 0.15) is 0 Å². The van der Waals surface area contributed by atoms with Gasteiger partial charge in [-0.05, 0) is 26.0 Å². The summed E-state index contributed by atoms with van der Waals surface area (Å²) < 4.78 is 10.6. The third-order valence-corrected chi connectivity index (χ3v) is 4.47. The summed E-state index contributed by atoms with van der Waals surface area (Å²) in [5.41, 5.74) is 0. The molecule has 118 valence electrons. The van der Waals surface area contributed by atoms with Gasteiger partial charge in [-0.25, -0.2) is 4.79 Å². The first-order valence-electron chi connectivity index (χ1n) is 7.29. The minimum atomic E-state index is -0.0234. The largest absolute Gasteiger partial charge is 0.382 e. The molecule has 0 radical (unpaired) electrons. The first-order valence-corrected chi connectivity index (χ1v) is 8.11. The van der Waals surface area contributed by atoms with Crippen molar-refractivity contribution in [1.29, 1.82) is 0 Å². The number of amides is 2. The van der Waals surface area contributed by atoms with Gasteiger partial charge >= 0.3 is 6.03 Å². The van der Waals surface area contributed by atoms with Crippen LogP contribution in [0.2, 0.25) is 0 Å². The van der Waals surface area contributed by atoms with Crippen LogP contribution in [0.4, 0.5) is 4.79 Å². The number of thiophene rings is 1. The zero-order valence-electron chi connectivity index (χ0n) is 12.9. The number of carbonyl (C=O) groups excluding carboxylic acids is 1. The predicted molar refractivity (Wildman–Crippen MR) is 83.9 cm³/mol. The van der Waals surface area contributed by atoms with Crippen LogP contribution in [-0.2, 0) is 15.9 Å². The number of hydrogen-bond acceptors (Lipinski definition) is 4. The summed E-state index contributed by atoms with van der Waals surface area (Å²) in [6, 6.07) is 4.36. The van der Waals surface area contributed by atoms with Gasteiger partial charge in [0.2, 0.25) is 0 Å². The van der Waals surface area contributed by atoms with E-state index in [1.807, 2.05) is 11.8 Å². The molecule has 1 N–H and O–H groups in total. The number of urea groups is 1. The average Bonchev–Trinajstić information content (AvgIpc) is 2.84. The first kappa shape index (κ1) is 16.3. The number of rotatable bonds is 5. The molecule has 1 saturated heterocycles. The van der Waals surface area contributed by atoms with Gasteiger partial charge in [0, 0.05) is 35.9 Å². The lowest BCUT2D eigenvalue weighted by molar-refractivity contribution is -0.0496. The van der Waals surface area contributed by atoms with E-state index in [1.54, 1.807) is 18.4 Å². The quantitative estimate of drug-likeness (QED) is 0.905. The van der Waals surface area contributed by atoms with E-state index < -0.39 is 0 Å². The van der Waals surface area contributed by atoms with E-state index in [2.05, 4.69) is 24.4 Å². The lowest BCUT2D eigenvalue weighted by Crippen LogP contribution is -2.52. The molecular weight excluding hydrogens is 288 g/mol. The maximum Gasteiger partial charge on any atom is 0.317 e. The van der Waals surface area contributed by atoms with Crippen LogP contribution in [-0.4, -0.2) is 56.5 Å². The Morgan fingerprint density at radius 2 is 2.43 bits per heavy atom. The number of carbonyl (C=O) groups is 1. The second-order valence-electron chi connectivity index (χ2n) is 5.46. The van der Waals surface area contributed by atoms with E-state index in [0.29, 0.717) is 26.3 Å². The van der Waals surface area contributed by atoms with Gasteiger partial charge in [-0.15, -0.1) is 11.3 Å². The molecule has 21 heavy (non-hydrogen) atoms. The summed E-state index contributed by atoms with van der Waals surface area (Å²) in [6.45, 7) is 6.45. The van der Waals surface area contributed by atoms with Gasteiger partial charge in [-0.3, -0.25) is 0 Å². The Kier molecular flexibility index (Phi) is 6.02. The molecule has 2 rings (SSSR count). The zero-order valence-corrected chi connectivity index (χ0v) is 13.7. The predicted octanol–water partition coefficient (Wildman–Crippen LogP) is 2.04. The second kappa shape index (κ2) is 7.77. The molecule has 1 aromatic rings. The van der Waals surface area contributed by atoms with Crippen molar-refractivity contribution in [1.82, 2.24) is 10.2 Å². The fraction of sp³-hybridized carbons (Fsp3) is 0.667. The summed E-state index contributed by atoms with van der Waals surface area (Å²) in [4.78, 5) is 16.7. The molecule has 5 nitrogen and oxygen atoms in total. The minimum Gasteiger partial charge on any atom is -0.382 e. The molecule has 0 aromatic carbocycles. The summed E-state index contributed by atoms with van der Waals surface area (Å²) in [6.07, 6.45) is 0.848. The van der Waals surface area contributed by atoms with E-state index in [1.165, 1.54) is 9.75 Å². The van der Waals surface area contributed by atoms with Crippen LogP contribution in [0.15, 0.2) is 12.1 Å². The molecule has 2 amide bonds. The summed E-state index contributed by atoms with van der Waals surface area (Å²) in [5.74, 6) is 0. The smallest absolute Gasteiger partial charge is 0.317 e. The van der Waals surface area contributed by atoms with Crippen LogP contribution in [0.25, 0.3) is 0 Å². The Labute approximate surface area is 130 Å². The maximum atomic E-state index is 12.3. The molecule has 1 aromatic heterocycles. The molecular formula is C15H24N2O3S. The highest BCUT2D eigenvalue weighted by Gasteiger charge is 2.24. The van der Waals surface area contributed by atoms with Crippen molar-refractivity contribution in [3.63, 3.8) is 0 Å². The first-order chi connectivity index (χ1) is 10.1. The number of ether oxygens (including phenoxy) is 2. The average molecular weight is 312 g/mol. The number of nitrogens with one attached hydrogen (secondary N) is 1. The van der Waals surface area contributed by atoms with E-state index in [-0.39, 0.29) is 18.2 Å². The number of hydrogen-bond donors (Lipinski definition) is 1. The Morgan fingerprint density at radius 3 is 3.10 bits per heavy atom. The van der Waals surface area contributed by atoms with E-state index in [9.17, 15) is 4.79 Å². The number of nitrogens with zero attached hydrogens (tertiary/aromatic N) is 1. The fourth-order valence-corrected chi connectivity index (χ4v) is 3.46. The fourth-order valence-electron chi connectivity index (χ4n) is 2.44. The summed E-state index contributed by atoms with van der Waals surface area (Å²) >= 11 is 1.78. The van der Waals surface area contributed by atoms with Gasteiger partial charge in [0.15, 0.2) is 0 Å². The Balaban J connectivity index is 1.80. The van der Waals surface area contributed by atoms with Crippen LogP contribution in [0.1, 0.15) is 16.7 Å². The molecule has 1 aliphatic heterocycles. The molecule has 0 unspecified atom stereocenters. The van der Waals surface area contributed by atoms with E-state index >= 15 is 0 Å². The highest BCUT2D eigenvalue weighted by atomic mass is 32.1. The van der Waals surface area contributed by atoms with Gasteiger partial charge in [0.05, 0.1) is 25.9 Å². The molecule has 6 heteroatoms. The number of morpholine rings is 1. The van der Waals surface area contributed by atoms with Gasteiger partial charge in [-0.1, -0.05) is 0 Å². The Morgan fingerprint density at radius 1 is 1.62 bits per heavy atom. The topological polar surface area (TPSA) is 50.8 Å². The van der Waals surface area contributed by atoms with Crippen LogP contribution < -0.4 is 5.32 Å². The van der Waals surface area contributed by atoms with Gasteiger partial charge in [0.25, 0.3) is 0 Å². The minimum absolute atomic E-state index is 0.0137. The standard InChI is InChI=1S/C15H24N2O3S/c1-11(8-14-5-4-12(2)21-14)16-15(18)17-6-7-20-13(9-17)10-19-3/h4-5,11,13H,6-10H2,1-3H3,(H,16,18)/t11-,13-/m0/s1. The van der Waals surface area contributed by atoms with Crippen molar-refractivity contribution in [3.8, 4) is 0 Å². The Hall–Kier alpha value is -1.11. The number of methoxy groups -OCH3 is 1. The van der Waals surface area contributed by atoms with Crippen molar-refractivity contribution in [3.05, 3.63) is 21.9 Å². The highest BCUT2D eigenvalue weighted by Crippen LogP contribution is 2.17. The van der Waals surface area contributed by atoms with E-state index in [4.69, 9.17) is 9.47 Å². The monoisotopic (exact) mass is 312 g/mol. The lowest BCUT2D eigenvalue weighted by atomic mass is 10.2. The molecule has 0 spiro atoms. The van der Waals surface area contributed by atoms with Crippen molar-refractivity contribution in [2.75, 3.05) is 33.4 Å². The number of aryl methyl sites for hydroxylation is 1. The van der Waals surface area contributed by atoms with Crippen molar-refractivity contribution in [2.45, 2.75) is 32.4 Å². The van der Waals surface area contributed by atoms with Crippen LogP contribution in [0.5, 0.6) is 0 Å². The summed E-state index contributed by atoms with van der Waals surface area (Å²) in [7, 11) is 1.65. The Bertz CT molecular complexity index is 462. The van der Waals surface area contributed by atoms with Crippen molar-refractivity contribution < 1.29 is 14.3 Å². The zero-order chi connectivity index (χ0) is 15.2. The highest BCUT2D eigenvalue weighted by molar-refractivity contribution is 7.11. The van der Waals surface area contributed by atoms with Crippen LogP contribution in [0, 0.1) is 6.92 Å². The maximum absolute atomic E-state index is 12.3. The summed E-state index contributed by atoms with van der Waals surface area (Å²) in [5, 5.41) is 3.07. The van der Waals surface area contributed by atoms with Gasteiger partial charge < -0.3 is 19.7 Å². The molecule has 2 heterocycles. The van der Waals surface area contributed by atoms with Gasteiger partial charge in [-0.2, -0.15) is 0 Å². The normalized spacial score (nSPS) is 20.3. The lowest BCUT2D eigenvalue weighted by Gasteiger charge is -2.33. The molecule has 2 atom stereocenters. The SMILES string of the molecule is COC[C@@H]1CN(C(=O)N[C@@H](C)Cc2ccc(C)s2)CCO1. The van der Waals surface area contributed by atoms with Crippen LogP contribution >= 0.6 is 11.3 Å². The second-order valence-corrected chi connectivity index (χ2v) is 6.83. The van der Waals surface area contributed by atoms with Crippen LogP contribution in [0.3, 0.4) is 0 Å². The van der Waals surface area contributed by atoms with E-state index in [0.717, 1.165) is 6.42 Å². The molecule has 1 aliphatic rings. The van der Waals surface area contributed by atoms with Crippen molar-refractivity contribution >= 4 is 17.4 Å². The third-order valence-electron chi connectivity index (χ3n) is 3.45. The molecule has 1 fully saturated rings. The van der Waals surface area contributed by atoms with Crippen molar-refractivity contribution in [2.24, 2.45) is 0 Å². The molecule has 0 saturated carbocycles. The molecule has 0 aliphatic carbocycles. The third kappa shape index (κ3) is 4.98. The molecule has 0 bridgehead atoms.